The predicted molar refractivity (Wildman–Crippen MR) is 76.6 cm³/mol. The summed E-state index contributed by atoms with van der Waals surface area (Å²) >= 11 is 0. The van der Waals surface area contributed by atoms with Crippen LogP contribution in [0.5, 0.6) is 5.75 Å². The molecule has 2 aromatic rings. The van der Waals surface area contributed by atoms with Crippen molar-refractivity contribution in [1.82, 2.24) is 0 Å². The molecule has 0 N–H and O–H groups in total. The molecule has 0 aliphatic rings. The summed E-state index contributed by atoms with van der Waals surface area (Å²) in [5.74, 6) is 0.474. The van der Waals surface area contributed by atoms with Crippen molar-refractivity contribution >= 4 is 5.78 Å². The zero-order valence-electron chi connectivity index (χ0n) is 11.7. The SMILES string of the molecule is CCc1cc(OCc2cccc(F)c2)ccc1C(C)=O. The second-order valence-corrected chi connectivity index (χ2v) is 4.65. The fourth-order valence-electron chi connectivity index (χ4n) is 2.09. The van der Waals surface area contributed by atoms with Crippen LogP contribution in [0.3, 0.4) is 0 Å². The summed E-state index contributed by atoms with van der Waals surface area (Å²) in [7, 11) is 0. The van der Waals surface area contributed by atoms with E-state index in [1.165, 1.54) is 12.1 Å². The number of hydrogen-bond donors (Lipinski definition) is 0. The van der Waals surface area contributed by atoms with E-state index >= 15 is 0 Å². The maximum absolute atomic E-state index is 13.1. The van der Waals surface area contributed by atoms with Crippen molar-refractivity contribution in [2.75, 3.05) is 0 Å². The molecule has 0 aliphatic carbocycles. The van der Waals surface area contributed by atoms with Crippen LogP contribution >= 0.6 is 0 Å². The van der Waals surface area contributed by atoms with Crippen LogP contribution in [-0.4, -0.2) is 5.78 Å². The van der Waals surface area contributed by atoms with Gasteiger partial charge in [-0.25, -0.2) is 4.39 Å². The number of aryl methyl sites for hydroxylation is 1. The van der Waals surface area contributed by atoms with Crippen molar-refractivity contribution in [2.45, 2.75) is 26.9 Å². The first kappa shape index (κ1) is 14.3. The molecule has 0 spiro atoms. The van der Waals surface area contributed by atoms with Gasteiger partial charge in [-0.1, -0.05) is 19.1 Å². The zero-order chi connectivity index (χ0) is 14.5. The molecule has 0 radical (unpaired) electrons. The Hall–Kier alpha value is -2.16. The van der Waals surface area contributed by atoms with Crippen molar-refractivity contribution in [3.05, 3.63) is 65.0 Å². The number of carbonyl (C=O) groups excluding carboxylic acids is 1. The molecule has 2 aromatic carbocycles. The van der Waals surface area contributed by atoms with Gasteiger partial charge >= 0.3 is 0 Å². The van der Waals surface area contributed by atoms with Gasteiger partial charge in [0.15, 0.2) is 5.78 Å². The summed E-state index contributed by atoms with van der Waals surface area (Å²) in [6.07, 6.45) is 0.770. The average molecular weight is 272 g/mol. The highest BCUT2D eigenvalue weighted by Crippen LogP contribution is 2.20. The lowest BCUT2D eigenvalue weighted by Crippen LogP contribution is -2.01. The Morgan fingerprint density at radius 1 is 1.20 bits per heavy atom. The lowest BCUT2D eigenvalue weighted by Gasteiger charge is -2.10. The average Bonchev–Trinajstić information content (AvgIpc) is 2.44. The largest absolute Gasteiger partial charge is 0.489 e. The summed E-state index contributed by atoms with van der Waals surface area (Å²) in [5, 5.41) is 0. The summed E-state index contributed by atoms with van der Waals surface area (Å²) in [5.41, 5.74) is 2.47. The number of benzene rings is 2. The number of rotatable bonds is 5. The summed E-state index contributed by atoms with van der Waals surface area (Å²) < 4.78 is 18.7. The first-order valence-electron chi connectivity index (χ1n) is 6.61. The highest BCUT2D eigenvalue weighted by molar-refractivity contribution is 5.95. The summed E-state index contributed by atoms with van der Waals surface area (Å²) in [4.78, 5) is 11.5. The van der Waals surface area contributed by atoms with Crippen LogP contribution in [0.4, 0.5) is 4.39 Å². The monoisotopic (exact) mass is 272 g/mol. The van der Waals surface area contributed by atoms with Gasteiger partial charge in [-0.05, 0) is 54.8 Å². The topological polar surface area (TPSA) is 26.3 Å². The Labute approximate surface area is 118 Å². The highest BCUT2D eigenvalue weighted by atomic mass is 19.1. The third-order valence-electron chi connectivity index (χ3n) is 3.13. The van der Waals surface area contributed by atoms with Crippen LogP contribution in [-0.2, 0) is 13.0 Å². The van der Waals surface area contributed by atoms with Crippen molar-refractivity contribution < 1.29 is 13.9 Å². The van der Waals surface area contributed by atoms with Crippen LogP contribution in [0.15, 0.2) is 42.5 Å². The molecule has 0 amide bonds. The molecule has 0 heterocycles. The maximum Gasteiger partial charge on any atom is 0.160 e. The molecule has 20 heavy (non-hydrogen) atoms. The van der Waals surface area contributed by atoms with Gasteiger partial charge in [0, 0.05) is 5.56 Å². The van der Waals surface area contributed by atoms with E-state index in [-0.39, 0.29) is 11.6 Å². The molecular formula is C17H17FO2. The van der Waals surface area contributed by atoms with Gasteiger partial charge in [0.2, 0.25) is 0 Å². The number of hydrogen-bond acceptors (Lipinski definition) is 2. The quantitative estimate of drug-likeness (QED) is 0.764. The van der Waals surface area contributed by atoms with Crippen molar-refractivity contribution in [2.24, 2.45) is 0 Å². The number of carbonyl (C=O) groups is 1. The Balaban J connectivity index is 2.12. The molecule has 0 aliphatic heterocycles. The van der Waals surface area contributed by atoms with E-state index in [1.807, 2.05) is 19.1 Å². The van der Waals surface area contributed by atoms with Gasteiger partial charge in [0.05, 0.1) is 0 Å². The molecule has 2 rings (SSSR count). The first-order chi connectivity index (χ1) is 9.60. The van der Waals surface area contributed by atoms with Crippen molar-refractivity contribution in [3.63, 3.8) is 0 Å². The smallest absolute Gasteiger partial charge is 0.160 e. The van der Waals surface area contributed by atoms with Gasteiger partial charge in [-0.3, -0.25) is 4.79 Å². The summed E-state index contributed by atoms with van der Waals surface area (Å²) in [6.45, 7) is 3.86. The molecular weight excluding hydrogens is 255 g/mol. The number of Topliss-reactive ketones (excluding diaryl/α,β-unsaturated/α-hetero) is 1. The Morgan fingerprint density at radius 2 is 2.00 bits per heavy atom. The summed E-state index contributed by atoms with van der Waals surface area (Å²) in [6, 6.07) is 11.7. The zero-order valence-corrected chi connectivity index (χ0v) is 11.7. The highest BCUT2D eigenvalue weighted by Gasteiger charge is 2.07. The van der Waals surface area contributed by atoms with E-state index in [9.17, 15) is 9.18 Å². The Bertz CT molecular complexity index is 620. The molecule has 0 aromatic heterocycles. The molecule has 2 nitrogen and oxygen atoms in total. The van der Waals surface area contributed by atoms with E-state index in [4.69, 9.17) is 4.74 Å². The molecule has 0 saturated carbocycles. The lowest BCUT2D eigenvalue weighted by atomic mass is 10.0. The fourth-order valence-corrected chi connectivity index (χ4v) is 2.09. The second-order valence-electron chi connectivity index (χ2n) is 4.65. The van der Waals surface area contributed by atoms with E-state index in [0.29, 0.717) is 12.4 Å². The van der Waals surface area contributed by atoms with E-state index < -0.39 is 0 Å². The molecule has 0 unspecified atom stereocenters. The molecule has 0 fully saturated rings. The third-order valence-corrected chi connectivity index (χ3v) is 3.13. The second kappa shape index (κ2) is 6.33. The van der Waals surface area contributed by atoms with Gasteiger partial charge in [0.1, 0.15) is 18.2 Å². The minimum absolute atomic E-state index is 0.0542. The van der Waals surface area contributed by atoms with Crippen LogP contribution in [0, 0.1) is 5.82 Å². The van der Waals surface area contributed by atoms with Crippen LogP contribution in [0.2, 0.25) is 0 Å². The Kier molecular flexibility index (Phi) is 4.51. The fraction of sp³-hybridized carbons (Fsp3) is 0.235. The van der Waals surface area contributed by atoms with E-state index in [0.717, 1.165) is 23.1 Å². The minimum Gasteiger partial charge on any atom is -0.489 e. The first-order valence-corrected chi connectivity index (χ1v) is 6.61. The number of ether oxygens (including phenoxy) is 1. The van der Waals surface area contributed by atoms with Crippen molar-refractivity contribution in [1.29, 1.82) is 0 Å². The molecule has 0 bridgehead atoms. The van der Waals surface area contributed by atoms with E-state index in [2.05, 4.69) is 0 Å². The predicted octanol–water partition coefficient (Wildman–Crippen LogP) is 4.17. The van der Waals surface area contributed by atoms with Crippen molar-refractivity contribution in [3.8, 4) is 5.75 Å². The van der Waals surface area contributed by atoms with Crippen LogP contribution in [0.1, 0.15) is 35.3 Å². The standard InChI is InChI=1S/C17H17FO2/c1-3-14-10-16(7-8-17(14)12(2)19)20-11-13-5-4-6-15(18)9-13/h4-10H,3,11H2,1-2H3. The number of ketones is 1. The normalized spacial score (nSPS) is 10.3. The molecule has 0 atom stereocenters. The van der Waals surface area contributed by atoms with Crippen LogP contribution < -0.4 is 4.74 Å². The van der Waals surface area contributed by atoms with Crippen LogP contribution in [0.25, 0.3) is 0 Å². The lowest BCUT2D eigenvalue weighted by molar-refractivity contribution is 0.101. The molecule has 104 valence electrons. The number of halogens is 1. The third kappa shape index (κ3) is 3.44. The van der Waals surface area contributed by atoms with Gasteiger partial charge in [-0.2, -0.15) is 0 Å². The Morgan fingerprint density at radius 3 is 2.65 bits per heavy atom. The van der Waals surface area contributed by atoms with Gasteiger partial charge in [-0.15, -0.1) is 0 Å². The molecule has 3 heteroatoms. The maximum atomic E-state index is 13.1. The molecule has 0 saturated heterocycles. The van der Waals surface area contributed by atoms with E-state index in [1.54, 1.807) is 25.1 Å². The van der Waals surface area contributed by atoms with Gasteiger partial charge < -0.3 is 4.74 Å². The minimum atomic E-state index is -0.271. The van der Waals surface area contributed by atoms with Gasteiger partial charge in [0.25, 0.3) is 0 Å².